The Morgan fingerprint density at radius 1 is 1.08 bits per heavy atom. The molecule has 2 aromatic rings. The molecule has 0 bridgehead atoms. The zero-order chi connectivity index (χ0) is 18.1. The highest BCUT2D eigenvalue weighted by molar-refractivity contribution is 5.79. The van der Waals surface area contributed by atoms with Gasteiger partial charge in [-0.05, 0) is 22.3 Å². The number of carboxylic acids is 1. The van der Waals surface area contributed by atoms with Gasteiger partial charge in [0, 0.05) is 19.0 Å². The third-order valence-electron chi connectivity index (χ3n) is 5.07. The maximum atomic E-state index is 12.4. The van der Waals surface area contributed by atoms with Crippen molar-refractivity contribution in [3.8, 4) is 11.1 Å². The predicted octanol–water partition coefficient (Wildman–Crippen LogP) is 2.29. The van der Waals surface area contributed by atoms with Crippen molar-refractivity contribution in [1.29, 1.82) is 0 Å². The number of hydrogen-bond donors (Lipinski definition) is 2. The second-order valence-electron chi connectivity index (χ2n) is 6.59. The number of rotatable bonds is 3. The second-order valence-corrected chi connectivity index (χ2v) is 6.59. The van der Waals surface area contributed by atoms with Crippen molar-refractivity contribution in [1.82, 2.24) is 10.2 Å². The van der Waals surface area contributed by atoms with Crippen LogP contribution >= 0.6 is 0 Å². The van der Waals surface area contributed by atoms with Gasteiger partial charge in [-0.3, -0.25) is 4.79 Å². The number of nitrogens with zero attached hydrogens (tertiary/aromatic N) is 1. The Bertz CT molecular complexity index is 806. The van der Waals surface area contributed by atoms with Crippen LogP contribution in [0.15, 0.2) is 48.5 Å². The van der Waals surface area contributed by atoms with Gasteiger partial charge < -0.3 is 20.1 Å². The van der Waals surface area contributed by atoms with Crippen molar-refractivity contribution in [2.45, 2.75) is 12.0 Å². The van der Waals surface area contributed by atoms with E-state index in [0.29, 0.717) is 13.1 Å². The highest BCUT2D eigenvalue weighted by Gasteiger charge is 2.32. The Labute approximate surface area is 151 Å². The van der Waals surface area contributed by atoms with E-state index in [4.69, 9.17) is 9.84 Å². The first-order valence-corrected chi connectivity index (χ1v) is 8.71. The molecule has 1 aliphatic carbocycles. The van der Waals surface area contributed by atoms with Crippen molar-refractivity contribution in [3.63, 3.8) is 0 Å². The maximum Gasteiger partial charge on any atom is 0.409 e. The molecule has 0 radical (unpaired) electrons. The summed E-state index contributed by atoms with van der Waals surface area (Å²) < 4.78 is 5.57. The van der Waals surface area contributed by atoms with Crippen LogP contribution in [0.25, 0.3) is 11.1 Å². The van der Waals surface area contributed by atoms with E-state index >= 15 is 0 Å². The highest BCUT2D eigenvalue weighted by atomic mass is 16.6. The van der Waals surface area contributed by atoms with Crippen LogP contribution in [0.1, 0.15) is 17.0 Å². The molecule has 4 rings (SSSR count). The van der Waals surface area contributed by atoms with Crippen molar-refractivity contribution in [2.24, 2.45) is 0 Å². The monoisotopic (exact) mass is 352 g/mol. The van der Waals surface area contributed by atoms with Gasteiger partial charge in [0.05, 0.1) is 6.54 Å². The van der Waals surface area contributed by atoms with E-state index in [1.165, 1.54) is 16.0 Å². The largest absolute Gasteiger partial charge is 0.480 e. The lowest BCUT2D eigenvalue weighted by Gasteiger charge is -2.31. The number of ether oxygens (including phenoxy) is 1. The lowest BCUT2D eigenvalue weighted by Crippen LogP contribution is -2.55. The SMILES string of the molecule is O=C(O)[C@@H]1CN(C(=O)OCC2c3ccccc3-c3ccccc32)CCN1. The third-order valence-corrected chi connectivity index (χ3v) is 5.07. The average Bonchev–Trinajstić information content (AvgIpc) is 3.00. The number of nitrogens with one attached hydrogen (secondary N) is 1. The fraction of sp³-hybridized carbons (Fsp3) is 0.300. The molecular weight excluding hydrogens is 332 g/mol. The normalized spacial score (nSPS) is 18.9. The molecule has 0 saturated carbocycles. The number of aliphatic carboxylic acids is 1. The predicted molar refractivity (Wildman–Crippen MR) is 96.1 cm³/mol. The van der Waals surface area contributed by atoms with E-state index in [2.05, 4.69) is 29.6 Å². The molecule has 1 atom stereocenters. The van der Waals surface area contributed by atoms with Crippen LogP contribution in [0.5, 0.6) is 0 Å². The summed E-state index contributed by atoms with van der Waals surface area (Å²) in [6.07, 6.45) is -0.459. The summed E-state index contributed by atoms with van der Waals surface area (Å²) in [6.45, 7) is 1.25. The minimum atomic E-state index is -0.957. The van der Waals surface area contributed by atoms with E-state index in [9.17, 15) is 9.59 Å². The molecule has 1 amide bonds. The van der Waals surface area contributed by atoms with Crippen molar-refractivity contribution in [2.75, 3.05) is 26.2 Å². The minimum Gasteiger partial charge on any atom is -0.480 e. The lowest BCUT2D eigenvalue weighted by atomic mass is 9.98. The number of carbonyl (C=O) groups excluding carboxylic acids is 1. The molecule has 2 aromatic carbocycles. The van der Waals surface area contributed by atoms with E-state index in [1.807, 2.05) is 24.3 Å². The van der Waals surface area contributed by atoms with Crippen LogP contribution in [0.2, 0.25) is 0 Å². The van der Waals surface area contributed by atoms with Gasteiger partial charge >= 0.3 is 12.1 Å². The quantitative estimate of drug-likeness (QED) is 0.886. The number of carboxylic acid groups (broad SMARTS) is 1. The van der Waals surface area contributed by atoms with Crippen LogP contribution in [0.4, 0.5) is 4.79 Å². The first kappa shape index (κ1) is 16.6. The number of benzene rings is 2. The van der Waals surface area contributed by atoms with Crippen LogP contribution in [-0.2, 0) is 9.53 Å². The number of hydrogen-bond acceptors (Lipinski definition) is 4. The molecule has 0 aromatic heterocycles. The van der Waals surface area contributed by atoms with E-state index < -0.39 is 18.1 Å². The zero-order valence-electron chi connectivity index (χ0n) is 14.2. The van der Waals surface area contributed by atoms with Gasteiger partial charge in [0.25, 0.3) is 0 Å². The molecule has 26 heavy (non-hydrogen) atoms. The number of fused-ring (bicyclic) bond motifs is 3. The summed E-state index contributed by atoms with van der Waals surface area (Å²) in [4.78, 5) is 25.0. The fourth-order valence-corrected chi connectivity index (χ4v) is 3.77. The summed E-state index contributed by atoms with van der Waals surface area (Å²) in [5.41, 5.74) is 4.67. The molecule has 0 unspecified atom stereocenters. The van der Waals surface area contributed by atoms with Gasteiger partial charge in [0.15, 0.2) is 0 Å². The summed E-state index contributed by atoms with van der Waals surface area (Å²) in [7, 11) is 0. The van der Waals surface area contributed by atoms with E-state index in [0.717, 1.165) is 11.1 Å². The molecule has 1 fully saturated rings. The molecule has 1 aliphatic heterocycles. The Morgan fingerprint density at radius 3 is 2.31 bits per heavy atom. The van der Waals surface area contributed by atoms with E-state index in [1.54, 1.807) is 0 Å². The number of carbonyl (C=O) groups is 2. The first-order valence-electron chi connectivity index (χ1n) is 8.71. The molecule has 2 N–H and O–H groups in total. The molecular formula is C20H20N2O4. The number of amides is 1. The van der Waals surface area contributed by atoms with E-state index in [-0.39, 0.29) is 19.1 Å². The van der Waals surface area contributed by atoms with Gasteiger partial charge in [0.1, 0.15) is 12.6 Å². The lowest BCUT2D eigenvalue weighted by molar-refractivity contribution is -0.140. The molecule has 6 heteroatoms. The molecule has 134 valence electrons. The van der Waals surface area contributed by atoms with Crippen LogP contribution < -0.4 is 5.32 Å². The minimum absolute atomic E-state index is 0.00420. The Balaban J connectivity index is 1.48. The Morgan fingerprint density at radius 2 is 1.69 bits per heavy atom. The van der Waals surface area contributed by atoms with Gasteiger partial charge in [-0.15, -0.1) is 0 Å². The van der Waals surface area contributed by atoms with Crippen molar-refractivity contribution >= 4 is 12.1 Å². The summed E-state index contributed by atoms with van der Waals surface area (Å²) in [6, 6.07) is 15.6. The summed E-state index contributed by atoms with van der Waals surface area (Å²) >= 11 is 0. The van der Waals surface area contributed by atoms with Gasteiger partial charge in [-0.25, -0.2) is 4.79 Å². The topological polar surface area (TPSA) is 78.9 Å². The summed E-state index contributed by atoms with van der Waals surface area (Å²) in [5.74, 6) is -0.953. The Kier molecular flexibility index (Phi) is 4.34. The maximum absolute atomic E-state index is 12.4. The fourth-order valence-electron chi connectivity index (χ4n) is 3.77. The van der Waals surface area contributed by atoms with Crippen molar-refractivity contribution in [3.05, 3.63) is 59.7 Å². The van der Waals surface area contributed by atoms with Gasteiger partial charge in [-0.2, -0.15) is 0 Å². The standard InChI is InChI=1S/C20H20N2O4/c23-19(24)18-11-22(10-9-21-18)20(25)26-12-17-15-7-3-1-5-13(15)14-6-2-4-8-16(14)17/h1-8,17-18,21H,9-12H2,(H,23,24)/t18-/m0/s1. The second kappa shape index (κ2) is 6.80. The molecule has 1 heterocycles. The van der Waals surface area contributed by atoms with Gasteiger partial charge in [0.2, 0.25) is 0 Å². The van der Waals surface area contributed by atoms with Crippen LogP contribution in [0, 0.1) is 0 Å². The van der Waals surface area contributed by atoms with Gasteiger partial charge in [-0.1, -0.05) is 48.5 Å². The Hall–Kier alpha value is -2.86. The highest BCUT2D eigenvalue weighted by Crippen LogP contribution is 2.44. The third kappa shape index (κ3) is 2.93. The van der Waals surface area contributed by atoms with Crippen LogP contribution in [0.3, 0.4) is 0 Å². The smallest absolute Gasteiger partial charge is 0.409 e. The summed E-state index contributed by atoms with van der Waals surface area (Å²) in [5, 5.41) is 12.0. The zero-order valence-corrected chi connectivity index (χ0v) is 14.2. The number of piperazine rings is 1. The van der Waals surface area contributed by atoms with Crippen molar-refractivity contribution < 1.29 is 19.4 Å². The average molecular weight is 352 g/mol. The molecule has 2 aliphatic rings. The first-order chi connectivity index (χ1) is 12.6. The van der Waals surface area contributed by atoms with Crippen LogP contribution in [-0.4, -0.2) is 54.4 Å². The molecule has 0 spiro atoms. The molecule has 1 saturated heterocycles. The molecule has 6 nitrogen and oxygen atoms in total.